The first-order valence-corrected chi connectivity index (χ1v) is 6.56. The fourth-order valence-electron chi connectivity index (χ4n) is 3.34. The molecule has 3 unspecified atom stereocenters. The summed E-state index contributed by atoms with van der Waals surface area (Å²) in [5.74, 6) is 2.46. The molecule has 0 N–H and O–H groups in total. The molecule has 83 valence electrons. The van der Waals surface area contributed by atoms with E-state index in [1.165, 1.54) is 37.7 Å². The average Bonchev–Trinajstić information content (AvgIpc) is 2.39. The van der Waals surface area contributed by atoms with Crippen molar-refractivity contribution in [1.82, 2.24) is 0 Å². The number of hydrogen-bond donors (Lipinski definition) is 0. The Morgan fingerprint density at radius 1 is 1.00 bits per heavy atom. The lowest BCUT2D eigenvalue weighted by molar-refractivity contribution is 0.229. The molecule has 0 saturated heterocycles. The Morgan fingerprint density at radius 3 is 2.75 bits per heavy atom. The van der Waals surface area contributed by atoms with Gasteiger partial charge in [0.1, 0.15) is 0 Å². The molecule has 0 aliphatic heterocycles. The van der Waals surface area contributed by atoms with E-state index in [9.17, 15) is 0 Å². The lowest BCUT2D eigenvalue weighted by Crippen LogP contribution is -2.24. The largest absolute Gasteiger partial charge is 0.0807 e. The molecule has 0 aromatic heterocycles. The van der Waals surface area contributed by atoms with Gasteiger partial charge in [-0.2, -0.15) is 0 Å². The monoisotopic (exact) mass is 211 g/mol. The zero-order chi connectivity index (χ0) is 10.8. The molecular formula is C16H19. The lowest BCUT2D eigenvalue weighted by atomic mass is 9.68. The van der Waals surface area contributed by atoms with Gasteiger partial charge in [0.05, 0.1) is 0 Å². The Hall–Kier alpha value is -1.04. The van der Waals surface area contributed by atoms with Crippen LogP contribution >= 0.6 is 0 Å². The standard InChI is InChI=1S/C16H19/c1-2-6-13(7-3-1)16-11-10-14-8-4-5-9-15(14)12-16/h1-3,5-7,14-16H,4,8,10-12H2. The number of allylic oxidation sites excluding steroid dienone is 2. The maximum atomic E-state index is 3.60. The minimum absolute atomic E-state index is 0.743. The molecule has 0 heteroatoms. The molecule has 0 heterocycles. The van der Waals surface area contributed by atoms with E-state index < -0.39 is 0 Å². The van der Waals surface area contributed by atoms with Crippen molar-refractivity contribution in [3.63, 3.8) is 0 Å². The highest BCUT2D eigenvalue weighted by molar-refractivity contribution is 5.20. The van der Waals surface area contributed by atoms with E-state index in [2.05, 4.69) is 42.5 Å². The Kier molecular flexibility index (Phi) is 2.82. The van der Waals surface area contributed by atoms with E-state index in [4.69, 9.17) is 0 Å². The van der Waals surface area contributed by atoms with Crippen molar-refractivity contribution in [3.05, 3.63) is 48.0 Å². The fraction of sp³-hybridized carbons (Fsp3) is 0.500. The molecule has 0 spiro atoms. The van der Waals surface area contributed by atoms with E-state index in [1.54, 1.807) is 0 Å². The van der Waals surface area contributed by atoms with E-state index >= 15 is 0 Å². The SMILES string of the molecule is [C]1=CCCC2CCC(c3ccccc3)CC12. The summed E-state index contributed by atoms with van der Waals surface area (Å²) in [6.45, 7) is 0. The summed E-state index contributed by atoms with van der Waals surface area (Å²) >= 11 is 0. The van der Waals surface area contributed by atoms with Crippen molar-refractivity contribution >= 4 is 0 Å². The Balaban J connectivity index is 1.75. The first kappa shape index (κ1) is 10.1. The van der Waals surface area contributed by atoms with E-state index in [0.717, 1.165) is 17.8 Å². The van der Waals surface area contributed by atoms with Gasteiger partial charge in [-0.15, -0.1) is 0 Å². The topological polar surface area (TPSA) is 0 Å². The summed E-state index contributed by atoms with van der Waals surface area (Å²) in [4.78, 5) is 0. The van der Waals surface area contributed by atoms with Gasteiger partial charge in [-0.3, -0.25) is 0 Å². The lowest BCUT2D eigenvalue weighted by Gasteiger charge is -2.36. The maximum Gasteiger partial charge on any atom is -0.0128 e. The van der Waals surface area contributed by atoms with Gasteiger partial charge in [-0.1, -0.05) is 36.4 Å². The fourth-order valence-corrected chi connectivity index (χ4v) is 3.34. The summed E-state index contributed by atoms with van der Waals surface area (Å²) in [7, 11) is 0. The summed E-state index contributed by atoms with van der Waals surface area (Å²) < 4.78 is 0. The van der Waals surface area contributed by atoms with Crippen LogP contribution in [0.1, 0.15) is 43.6 Å². The number of hydrogen-bond acceptors (Lipinski definition) is 0. The molecule has 3 atom stereocenters. The van der Waals surface area contributed by atoms with Crippen LogP contribution in [0, 0.1) is 17.9 Å². The highest BCUT2D eigenvalue weighted by Gasteiger charge is 2.30. The van der Waals surface area contributed by atoms with Crippen LogP contribution in [0.5, 0.6) is 0 Å². The second-order valence-electron chi connectivity index (χ2n) is 5.24. The molecule has 1 aromatic rings. The minimum Gasteiger partial charge on any atom is -0.0807 e. The Morgan fingerprint density at radius 2 is 1.88 bits per heavy atom. The van der Waals surface area contributed by atoms with Crippen LogP contribution in [0.25, 0.3) is 0 Å². The van der Waals surface area contributed by atoms with Crippen LogP contribution in [0.15, 0.2) is 36.4 Å². The van der Waals surface area contributed by atoms with Gasteiger partial charge in [0.15, 0.2) is 0 Å². The van der Waals surface area contributed by atoms with Crippen molar-refractivity contribution in [2.75, 3.05) is 0 Å². The minimum atomic E-state index is 0.743. The van der Waals surface area contributed by atoms with Crippen LogP contribution < -0.4 is 0 Å². The molecule has 16 heavy (non-hydrogen) atoms. The van der Waals surface area contributed by atoms with Crippen molar-refractivity contribution in [1.29, 1.82) is 0 Å². The quantitative estimate of drug-likeness (QED) is 0.648. The summed E-state index contributed by atoms with van der Waals surface area (Å²) in [6.07, 6.45) is 12.6. The molecule has 3 rings (SSSR count). The molecule has 1 aromatic carbocycles. The van der Waals surface area contributed by atoms with Crippen molar-refractivity contribution < 1.29 is 0 Å². The first-order chi connectivity index (χ1) is 7.93. The van der Waals surface area contributed by atoms with Crippen molar-refractivity contribution in [3.8, 4) is 0 Å². The van der Waals surface area contributed by atoms with Gasteiger partial charge in [0.2, 0.25) is 0 Å². The summed E-state index contributed by atoms with van der Waals surface area (Å²) in [5.41, 5.74) is 1.54. The third-order valence-electron chi connectivity index (χ3n) is 4.28. The smallest absolute Gasteiger partial charge is 0.0128 e. The highest BCUT2D eigenvalue weighted by atomic mass is 14.3. The number of benzene rings is 1. The van der Waals surface area contributed by atoms with Crippen molar-refractivity contribution in [2.45, 2.75) is 38.0 Å². The third kappa shape index (κ3) is 1.93. The second kappa shape index (κ2) is 4.45. The van der Waals surface area contributed by atoms with Crippen LogP contribution in [0.3, 0.4) is 0 Å². The van der Waals surface area contributed by atoms with Gasteiger partial charge in [-0.05, 0) is 61.5 Å². The first-order valence-electron chi connectivity index (χ1n) is 6.56. The highest BCUT2D eigenvalue weighted by Crippen LogP contribution is 2.43. The maximum absolute atomic E-state index is 3.60. The third-order valence-corrected chi connectivity index (χ3v) is 4.28. The predicted molar refractivity (Wildman–Crippen MR) is 67.1 cm³/mol. The zero-order valence-corrected chi connectivity index (χ0v) is 9.73. The van der Waals surface area contributed by atoms with Crippen LogP contribution in [-0.4, -0.2) is 0 Å². The van der Waals surface area contributed by atoms with Crippen LogP contribution in [0.2, 0.25) is 0 Å². The van der Waals surface area contributed by atoms with Gasteiger partial charge in [-0.25, -0.2) is 0 Å². The van der Waals surface area contributed by atoms with Gasteiger partial charge >= 0.3 is 0 Å². The number of fused-ring (bicyclic) bond motifs is 1. The molecule has 2 aliphatic carbocycles. The van der Waals surface area contributed by atoms with Gasteiger partial charge in [0, 0.05) is 0 Å². The van der Waals surface area contributed by atoms with Crippen LogP contribution in [-0.2, 0) is 0 Å². The Bertz CT molecular complexity index is 363. The van der Waals surface area contributed by atoms with Crippen LogP contribution in [0.4, 0.5) is 0 Å². The second-order valence-corrected chi connectivity index (χ2v) is 5.24. The molecule has 2 aliphatic rings. The average molecular weight is 211 g/mol. The molecule has 0 bridgehead atoms. The van der Waals surface area contributed by atoms with Gasteiger partial charge < -0.3 is 0 Å². The van der Waals surface area contributed by atoms with Gasteiger partial charge in [0.25, 0.3) is 0 Å². The van der Waals surface area contributed by atoms with E-state index in [0.29, 0.717) is 0 Å². The molecule has 1 saturated carbocycles. The number of rotatable bonds is 1. The van der Waals surface area contributed by atoms with E-state index in [-0.39, 0.29) is 0 Å². The molecule has 0 amide bonds. The summed E-state index contributed by atoms with van der Waals surface area (Å²) in [5, 5.41) is 0. The predicted octanol–water partition coefficient (Wildman–Crippen LogP) is 4.34. The van der Waals surface area contributed by atoms with Crippen molar-refractivity contribution in [2.24, 2.45) is 11.8 Å². The Labute approximate surface area is 98.4 Å². The zero-order valence-electron chi connectivity index (χ0n) is 9.73. The molecule has 1 fully saturated rings. The summed E-state index contributed by atoms with van der Waals surface area (Å²) in [6, 6.07) is 11.0. The molecular weight excluding hydrogens is 192 g/mol. The molecule has 0 nitrogen and oxygen atoms in total. The van der Waals surface area contributed by atoms with E-state index in [1.807, 2.05) is 0 Å². The molecule has 1 radical (unpaired) electrons. The normalized spacial score (nSPS) is 33.4.